The van der Waals surface area contributed by atoms with Crippen LogP contribution in [0.2, 0.25) is 0 Å². The molecular formula is C16H26N2O2S. The molecule has 2 heterocycles. The molecule has 1 amide bonds. The van der Waals surface area contributed by atoms with Crippen LogP contribution < -0.4 is 5.32 Å². The summed E-state index contributed by atoms with van der Waals surface area (Å²) in [5.41, 5.74) is 0. The van der Waals surface area contributed by atoms with Crippen molar-refractivity contribution < 1.29 is 9.53 Å². The largest absolute Gasteiger partial charge is 0.382 e. The van der Waals surface area contributed by atoms with Gasteiger partial charge in [0.2, 0.25) is 5.91 Å². The van der Waals surface area contributed by atoms with E-state index < -0.39 is 0 Å². The predicted molar refractivity (Wildman–Crippen MR) is 86.3 cm³/mol. The number of ether oxygens (including phenoxy) is 1. The standard InChI is InChI=1S/C16H26N2O2S/c1-3-5-8-13-16(19)18(10-7-11-20-4-2)15(17-13)14-9-6-12-21-14/h6,9,12-13,15,17H,3-5,7-8,10-11H2,1-2H3. The molecule has 1 aromatic heterocycles. The number of unbranched alkanes of at least 4 members (excludes halogenated alkanes) is 1. The molecular weight excluding hydrogens is 284 g/mol. The van der Waals surface area contributed by atoms with Crippen LogP contribution in [0, 0.1) is 0 Å². The average Bonchev–Trinajstić information content (AvgIpc) is 3.11. The van der Waals surface area contributed by atoms with Gasteiger partial charge in [-0.1, -0.05) is 25.8 Å². The average molecular weight is 310 g/mol. The summed E-state index contributed by atoms with van der Waals surface area (Å²) in [4.78, 5) is 15.8. The molecule has 1 N–H and O–H groups in total. The van der Waals surface area contributed by atoms with E-state index >= 15 is 0 Å². The summed E-state index contributed by atoms with van der Waals surface area (Å²) in [7, 11) is 0. The fraction of sp³-hybridized carbons (Fsp3) is 0.688. The number of rotatable bonds is 9. The third-order valence-corrected chi connectivity index (χ3v) is 4.73. The molecule has 1 saturated heterocycles. The first-order valence-corrected chi connectivity index (χ1v) is 8.83. The topological polar surface area (TPSA) is 41.6 Å². The third-order valence-electron chi connectivity index (χ3n) is 3.80. The number of thiophene rings is 1. The molecule has 0 saturated carbocycles. The van der Waals surface area contributed by atoms with Crippen molar-refractivity contribution >= 4 is 17.2 Å². The smallest absolute Gasteiger partial charge is 0.241 e. The Kier molecular flexibility index (Phi) is 6.67. The van der Waals surface area contributed by atoms with Gasteiger partial charge in [-0.05, 0) is 31.2 Å². The summed E-state index contributed by atoms with van der Waals surface area (Å²) in [6.07, 6.45) is 4.08. The quantitative estimate of drug-likeness (QED) is 0.712. The Morgan fingerprint density at radius 1 is 1.38 bits per heavy atom. The summed E-state index contributed by atoms with van der Waals surface area (Å²) >= 11 is 1.71. The summed E-state index contributed by atoms with van der Waals surface area (Å²) < 4.78 is 5.39. The van der Waals surface area contributed by atoms with Crippen LogP contribution in [0.4, 0.5) is 0 Å². The van der Waals surface area contributed by atoms with Crippen molar-refractivity contribution in [3.8, 4) is 0 Å². The fourth-order valence-corrected chi connectivity index (χ4v) is 3.49. The van der Waals surface area contributed by atoms with Crippen molar-refractivity contribution in [3.05, 3.63) is 22.4 Å². The summed E-state index contributed by atoms with van der Waals surface area (Å²) in [6.45, 7) is 6.38. The van der Waals surface area contributed by atoms with Crippen molar-refractivity contribution in [1.29, 1.82) is 0 Å². The summed E-state index contributed by atoms with van der Waals surface area (Å²) in [5.74, 6) is 0.248. The zero-order valence-corrected chi connectivity index (χ0v) is 13.8. The highest BCUT2D eigenvalue weighted by atomic mass is 32.1. The maximum atomic E-state index is 12.6. The monoisotopic (exact) mass is 310 g/mol. The van der Waals surface area contributed by atoms with Crippen molar-refractivity contribution in [3.63, 3.8) is 0 Å². The summed E-state index contributed by atoms with van der Waals surface area (Å²) in [6, 6.07) is 4.13. The lowest BCUT2D eigenvalue weighted by Crippen LogP contribution is -2.32. The second kappa shape index (κ2) is 8.51. The molecule has 0 bridgehead atoms. The molecule has 0 aromatic carbocycles. The Morgan fingerprint density at radius 2 is 2.24 bits per heavy atom. The minimum absolute atomic E-state index is 0.0239. The van der Waals surface area contributed by atoms with E-state index in [-0.39, 0.29) is 18.1 Å². The maximum absolute atomic E-state index is 12.6. The SMILES string of the molecule is CCCCC1NC(c2cccs2)N(CCCOCC)C1=O. The number of nitrogens with zero attached hydrogens (tertiary/aromatic N) is 1. The van der Waals surface area contributed by atoms with Gasteiger partial charge in [-0.3, -0.25) is 10.1 Å². The number of carbonyl (C=O) groups is 1. The molecule has 5 heteroatoms. The molecule has 0 spiro atoms. The van der Waals surface area contributed by atoms with Crippen molar-refractivity contribution in [2.75, 3.05) is 19.8 Å². The number of hydrogen-bond donors (Lipinski definition) is 1. The normalized spacial score (nSPS) is 22.2. The van der Waals surface area contributed by atoms with E-state index in [0.29, 0.717) is 0 Å². The van der Waals surface area contributed by atoms with Gasteiger partial charge in [-0.15, -0.1) is 11.3 Å². The van der Waals surface area contributed by atoms with Gasteiger partial charge >= 0.3 is 0 Å². The second-order valence-electron chi connectivity index (χ2n) is 5.36. The van der Waals surface area contributed by atoms with E-state index in [1.54, 1.807) is 11.3 Å². The molecule has 2 atom stereocenters. The van der Waals surface area contributed by atoms with Gasteiger partial charge in [0.05, 0.1) is 6.04 Å². The lowest BCUT2D eigenvalue weighted by atomic mass is 10.1. The maximum Gasteiger partial charge on any atom is 0.241 e. The van der Waals surface area contributed by atoms with Gasteiger partial charge in [0.15, 0.2) is 0 Å². The molecule has 1 aliphatic rings. The van der Waals surface area contributed by atoms with Crippen LogP contribution in [-0.4, -0.2) is 36.6 Å². The molecule has 2 rings (SSSR count). The molecule has 0 radical (unpaired) electrons. The van der Waals surface area contributed by atoms with Gasteiger partial charge in [0.1, 0.15) is 6.17 Å². The molecule has 0 aliphatic carbocycles. The molecule has 4 nitrogen and oxygen atoms in total. The van der Waals surface area contributed by atoms with Crippen molar-refractivity contribution in [2.45, 2.75) is 51.7 Å². The molecule has 1 fully saturated rings. The number of carbonyl (C=O) groups excluding carboxylic acids is 1. The summed E-state index contributed by atoms with van der Waals surface area (Å²) in [5, 5.41) is 5.58. The Balaban J connectivity index is 1.99. The Bertz CT molecular complexity index is 422. The second-order valence-corrected chi connectivity index (χ2v) is 6.34. The van der Waals surface area contributed by atoms with Crippen LogP contribution >= 0.6 is 11.3 Å². The van der Waals surface area contributed by atoms with Crippen LogP contribution in [0.25, 0.3) is 0 Å². The Morgan fingerprint density at radius 3 is 2.90 bits per heavy atom. The zero-order valence-electron chi connectivity index (χ0n) is 13.0. The third kappa shape index (κ3) is 4.28. The van der Waals surface area contributed by atoms with Crippen molar-refractivity contribution in [2.24, 2.45) is 0 Å². The van der Waals surface area contributed by atoms with Crippen LogP contribution in [-0.2, 0) is 9.53 Å². The first-order chi connectivity index (χ1) is 10.3. The highest BCUT2D eigenvalue weighted by molar-refractivity contribution is 7.10. The van der Waals surface area contributed by atoms with Gasteiger partial charge in [-0.2, -0.15) is 0 Å². The van der Waals surface area contributed by atoms with E-state index in [1.165, 1.54) is 4.88 Å². The lowest BCUT2D eigenvalue weighted by Gasteiger charge is -2.23. The van der Waals surface area contributed by atoms with Crippen LogP contribution in [0.3, 0.4) is 0 Å². The molecule has 1 aliphatic heterocycles. The van der Waals surface area contributed by atoms with E-state index in [2.05, 4.69) is 23.7 Å². The zero-order chi connectivity index (χ0) is 15.1. The minimum Gasteiger partial charge on any atom is -0.382 e. The van der Waals surface area contributed by atoms with E-state index in [1.807, 2.05) is 17.9 Å². The Labute approximate surface area is 131 Å². The molecule has 2 unspecified atom stereocenters. The van der Waals surface area contributed by atoms with E-state index in [9.17, 15) is 4.79 Å². The first kappa shape index (κ1) is 16.5. The molecule has 21 heavy (non-hydrogen) atoms. The molecule has 118 valence electrons. The first-order valence-electron chi connectivity index (χ1n) is 7.95. The Hall–Kier alpha value is -0.910. The number of amides is 1. The van der Waals surface area contributed by atoms with Crippen LogP contribution in [0.5, 0.6) is 0 Å². The fourth-order valence-electron chi connectivity index (χ4n) is 2.70. The number of hydrogen-bond acceptors (Lipinski definition) is 4. The highest BCUT2D eigenvalue weighted by Crippen LogP contribution is 2.30. The van der Waals surface area contributed by atoms with Gasteiger partial charge in [-0.25, -0.2) is 0 Å². The number of nitrogens with one attached hydrogen (secondary N) is 1. The van der Waals surface area contributed by atoms with Crippen LogP contribution in [0.1, 0.15) is 50.6 Å². The van der Waals surface area contributed by atoms with Gasteiger partial charge < -0.3 is 9.64 Å². The van der Waals surface area contributed by atoms with Crippen molar-refractivity contribution in [1.82, 2.24) is 10.2 Å². The lowest BCUT2D eigenvalue weighted by molar-refractivity contribution is -0.130. The van der Waals surface area contributed by atoms with E-state index in [4.69, 9.17) is 4.74 Å². The van der Waals surface area contributed by atoms with E-state index in [0.717, 1.165) is 45.4 Å². The highest BCUT2D eigenvalue weighted by Gasteiger charge is 2.39. The van der Waals surface area contributed by atoms with Crippen LogP contribution in [0.15, 0.2) is 17.5 Å². The minimum atomic E-state index is -0.0239. The predicted octanol–water partition coefficient (Wildman–Crippen LogP) is 3.16. The van der Waals surface area contributed by atoms with Gasteiger partial charge in [0.25, 0.3) is 0 Å². The van der Waals surface area contributed by atoms with Gasteiger partial charge in [0, 0.05) is 24.6 Å². The molecule has 1 aromatic rings.